The fraction of sp³-hybridized carbons (Fsp3) is 0.600. The van der Waals surface area contributed by atoms with Crippen LogP contribution >= 0.6 is 0 Å². The summed E-state index contributed by atoms with van der Waals surface area (Å²) in [7, 11) is 0. The van der Waals surface area contributed by atoms with Crippen LogP contribution in [0.5, 0.6) is 0 Å². The minimum absolute atomic E-state index is 0.0387. The van der Waals surface area contributed by atoms with Crippen molar-refractivity contribution in [3.8, 4) is 0 Å². The topological polar surface area (TPSA) is 40.5 Å². The Morgan fingerprint density at radius 1 is 1.42 bits per heavy atom. The Morgan fingerprint density at radius 2 is 2.00 bits per heavy atom. The van der Waals surface area contributed by atoms with Gasteiger partial charge in [0.2, 0.25) is 0 Å². The molecule has 0 spiro atoms. The maximum absolute atomic E-state index is 9.54. The highest BCUT2D eigenvalue weighted by molar-refractivity contribution is 5.31. The predicted molar refractivity (Wildman–Crippen MR) is 49.0 cm³/mol. The molecule has 0 saturated carbocycles. The summed E-state index contributed by atoms with van der Waals surface area (Å²) in [5, 5.41) is 18.8. The van der Waals surface area contributed by atoms with E-state index in [-0.39, 0.29) is 11.5 Å². The molecule has 1 aliphatic carbocycles. The number of aliphatic hydroxyl groups is 2. The van der Waals surface area contributed by atoms with Crippen LogP contribution in [0.15, 0.2) is 23.2 Å². The monoisotopic (exact) mass is 168 g/mol. The van der Waals surface area contributed by atoms with E-state index >= 15 is 0 Å². The molecule has 2 N–H and O–H groups in total. The molecule has 0 bridgehead atoms. The zero-order chi connectivity index (χ0) is 9.30. The van der Waals surface area contributed by atoms with Gasteiger partial charge in [-0.15, -0.1) is 0 Å². The average Bonchev–Trinajstić information content (AvgIpc) is 1.97. The quantitative estimate of drug-likeness (QED) is 0.632. The van der Waals surface area contributed by atoms with Crippen molar-refractivity contribution in [1.29, 1.82) is 0 Å². The summed E-state index contributed by atoms with van der Waals surface area (Å²) in [5.74, 6) is 0.775. The lowest BCUT2D eigenvalue weighted by molar-refractivity contribution is 0.299. The van der Waals surface area contributed by atoms with Crippen LogP contribution < -0.4 is 0 Å². The van der Waals surface area contributed by atoms with Gasteiger partial charge in [0.15, 0.2) is 11.5 Å². The SMILES string of the molecule is CC(C)C1=C(O)C(O)=CCC1C. The van der Waals surface area contributed by atoms with Crippen molar-refractivity contribution in [3.05, 3.63) is 23.2 Å². The van der Waals surface area contributed by atoms with Gasteiger partial charge in [-0.3, -0.25) is 0 Å². The van der Waals surface area contributed by atoms with Gasteiger partial charge < -0.3 is 10.2 Å². The van der Waals surface area contributed by atoms with Crippen molar-refractivity contribution < 1.29 is 10.2 Å². The standard InChI is InChI=1S/C10H16O2/c1-6(2)9-7(3)4-5-8(11)10(9)12/h5-7,11-12H,4H2,1-3H3. The number of hydrogen-bond donors (Lipinski definition) is 2. The maximum atomic E-state index is 9.54. The lowest BCUT2D eigenvalue weighted by atomic mass is 9.84. The summed E-state index contributed by atoms with van der Waals surface area (Å²) in [5.41, 5.74) is 0.968. The molecule has 1 aliphatic rings. The van der Waals surface area contributed by atoms with Crippen molar-refractivity contribution in [3.63, 3.8) is 0 Å². The summed E-state index contributed by atoms with van der Waals surface area (Å²) in [6.45, 7) is 6.12. The fourth-order valence-corrected chi connectivity index (χ4v) is 1.74. The van der Waals surface area contributed by atoms with Crippen LogP contribution in [0.25, 0.3) is 0 Å². The van der Waals surface area contributed by atoms with Gasteiger partial charge >= 0.3 is 0 Å². The maximum Gasteiger partial charge on any atom is 0.156 e. The molecule has 0 aliphatic heterocycles. The normalized spacial score (nSPS) is 24.7. The van der Waals surface area contributed by atoms with E-state index in [1.165, 1.54) is 0 Å². The van der Waals surface area contributed by atoms with Crippen LogP contribution in [0, 0.1) is 11.8 Å². The predicted octanol–water partition coefficient (Wildman–Crippen LogP) is 2.94. The Hall–Kier alpha value is -0.920. The van der Waals surface area contributed by atoms with E-state index in [1.807, 2.05) is 13.8 Å². The summed E-state index contributed by atoms with van der Waals surface area (Å²) in [6, 6.07) is 0. The van der Waals surface area contributed by atoms with Gasteiger partial charge in [0.05, 0.1) is 0 Å². The third kappa shape index (κ3) is 1.47. The van der Waals surface area contributed by atoms with E-state index in [4.69, 9.17) is 0 Å². The highest BCUT2D eigenvalue weighted by Crippen LogP contribution is 2.31. The highest BCUT2D eigenvalue weighted by atomic mass is 16.3. The van der Waals surface area contributed by atoms with Crippen LogP contribution in [0.1, 0.15) is 27.2 Å². The van der Waals surface area contributed by atoms with Crippen molar-refractivity contribution in [2.75, 3.05) is 0 Å². The zero-order valence-corrected chi connectivity index (χ0v) is 7.83. The van der Waals surface area contributed by atoms with E-state index in [0.29, 0.717) is 11.8 Å². The first-order valence-electron chi connectivity index (χ1n) is 4.36. The van der Waals surface area contributed by atoms with Crippen LogP contribution in [0.2, 0.25) is 0 Å². The van der Waals surface area contributed by atoms with Crippen LogP contribution in [-0.4, -0.2) is 10.2 Å². The van der Waals surface area contributed by atoms with Crippen LogP contribution in [0.3, 0.4) is 0 Å². The van der Waals surface area contributed by atoms with Crippen LogP contribution in [-0.2, 0) is 0 Å². The minimum Gasteiger partial charge on any atom is -0.504 e. The Labute approximate surface area is 73.2 Å². The van der Waals surface area contributed by atoms with Crippen molar-refractivity contribution >= 4 is 0 Å². The minimum atomic E-state index is 0.0387. The number of rotatable bonds is 1. The molecule has 0 aromatic carbocycles. The molecule has 2 nitrogen and oxygen atoms in total. The summed E-state index contributed by atoms with van der Waals surface area (Å²) in [6.07, 6.45) is 2.50. The van der Waals surface area contributed by atoms with Gasteiger partial charge in [-0.05, 0) is 29.9 Å². The second-order valence-electron chi connectivity index (χ2n) is 3.68. The molecule has 2 heteroatoms. The molecular weight excluding hydrogens is 152 g/mol. The van der Waals surface area contributed by atoms with Gasteiger partial charge in [0.1, 0.15) is 0 Å². The Balaban J connectivity index is 3.03. The number of allylic oxidation sites excluding steroid dienone is 2. The molecule has 0 radical (unpaired) electrons. The molecule has 0 aromatic rings. The number of aliphatic hydroxyl groups excluding tert-OH is 2. The van der Waals surface area contributed by atoms with Crippen LogP contribution in [0.4, 0.5) is 0 Å². The zero-order valence-electron chi connectivity index (χ0n) is 7.83. The van der Waals surface area contributed by atoms with Gasteiger partial charge in [-0.2, -0.15) is 0 Å². The molecule has 68 valence electrons. The molecule has 12 heavy (non-hydrogen) atoms. The molecule has 0 amide bonds. The van der Waals surface area contributed by atoms with Gasteiger partial charge in [-0.1, -0.05) is 20.8 Å². The Kier molecular flexibility index (Phi) is 2.46. The molecule has 1 unspecified atom stereocenters. The van der Waals surface area contributed by atoms with E-state index in [2.05, 4.69) is 6.92 Å². The molecule has 1 rings (SSSR count). The summed E-state index contributed by atoms with van der Waals surface area (Å²) in [4.78, 5) is 0. The first-order chi connectivity index (χ1) is 5.54. The van der Waals surface area contributed by atoms with Gasteiger partial charge in [-0.25, -0.2) is 0 Å². The molecule has 1 atom stereocenters. The van der Waals surface area contributed by atoms with Crippen molar-refractivity contribution in [2.24, 2.45) is 11.8 Å². The second-order valence-corrected chi connectivity index (χ2v) is 3.68. The average molecular weight is 168 g/mol. The third-order valence-corrected chi connectivity index (χ3v) is 2.33. The van der Waals surface area contributed by atoms with Gasteiger partial charge in [0, 0.05) is 0 Å². The summed E-state index contributed by atoms with van der Waals surface area (Å²) < 4.78 is 0. The lowest BCUT2D eigenvalue weighted by Gasteiger charge is -2.23. The first-order valence-corrected chi connectivity index (χ1v) is 4.36. The van der Waals surface area contributed by atoms with E-state index in [0.717, 1.165) is 12.0 Å². The largest absolute Gasteiger partial charge is 0.504 e. The lowest BCUT2D eigenvalue weighted by Crippen LogP contribution is -2.13. The molecule has 0 aromatic heterocycles. The molecular formula is C10H16O2. The van der Waals surface area contributed by atoms with Crippen molar-refractivity contribution in [2.45, 2.75) is 27.2 Å². The van der Waals surface area contributed by atoms with E-state index < -0.39 is 0 Å². The van der Waals surface area contributed by atoms with E-state index in [9.17, 15) is 10.2 Å². The summed E-state index contributed by atoms with van der Waals surface area (Å²) >= 11 is 0. The second kappa shape index (κ2) is 3.21. The Bertz CT molecular complexity index is 236. The van der Waals surface area contributed by atoms with E-state index in [1.54, 1.807) is 6.08 Å². The molecule has 0 fully saturated rings. The van der Waals surface area contributed by atoms with Crippen molar-refractivity contribution in [1.82, 2.24) is 0 Å². The molecule has 0 heterocycles. The Morgan fingerprint density at radius 3 is 2.42 bits per heavy atom. The number of hydrogen-bond acceptors (Lipinski definition) is 2. The third-order valence-electron chi connectivity index (χ3n) is 2.33. The van der Waals surface area contributed by atoms with Gasteiger partial charge in [0.25, 0.3) is 0 Å². The first kappa shape index (κ1) is 9.17. The molecule has 0 saturated heterocycles. The smallest absolute Gasteiger partial charge is 0.156 e. The fourth-order valence-electron chi connectivity index (χ4n) is 1.74. The highest BCUT2D eigenvalue weighted by Gasteiger charge is 2.22.